The number of fused-ring (bicyclic) bond motifs is 1. The predicted molar refractivity (Wildman–Crippen MR) is 74.8 cm³/mol. The normalized spacial score (nSPS) is 25.1. The number of nitrogens with zero attached hydrogens (tertiary/aromatic N) is 1. The van der Waals surface area contributed by atoms with Gasteiger partial charge in [-0.1, -0.05) is 0 Å². The summed E-state index contributed by atoms with van der Waals surface area (Å²) in [5, 5.41) is 9.35. The Balaban J connectivity index is 1.82. The Morgan fingerprint density at radius 1 is 1.38 bits per heavy atom. The third-order valence-corrected chi connectivity index (χ3v) is 3.96. The summed E-state index contributed by atoms with van der Waals surface area (Å²) in [7, 11) is 1.58. The molecule has 5 nitrogen and oxygen atoms in total. The van der Waals surface area contributed by atoms with Crippen molar-refractivity contribution in [2.45, 2.75) is 25.2 Å². The Hall–Kier alpha value is -1.53. The van der Waals surface area contributed by atoms with Crippen molar-refractivity contribution in [1.29, 1.82) is 0 Å². The molecule has 1 N–H and O–H groups in total. The van der Waals surface area contributed by atoms with E-state index in [9.17, 15) is 9.50 Å². The molecular formula is C15H20FNO4. The average molecular weight is 297 g/mol. The zero-order valence-electron chi connectivity index (χ0n) is 12.0. The Labute approximate surface area is 123 Å². The maximum Gasteiger partial charge on any atom is 0.203 e. The molecule has 2 aliphatic rings. The molecule has 116 valence electrons. The zero-order valence-corrected chi connectivity index (χ0v) is 12.0. The number of ether oxygens (including phenoxy) is 3. The molecule has 2 aliphatic heterocycles. The predicted octanol–water partition coefficient (Wildman–Crippen LogP) is 1.37. The molecule has 0 amide bonds. The monoisotopic (exact) mass is 297 g/mol. The number of hydrogen-bond acceptors (Lipinski definition) is 5. The Kier molecular flexibility index (Phi) is 4.17. The largest absolute Gasteiger partial charge is 0.493 e. The van der Waals surface area contributed by atoms with E-state index in [2.05, 4.69) is 0 Å². The Bertz CT molecular complexity index is 493. The number of methoxy groups -OCH3 is 1. The van der Waals surface area contributed by atoms with Gasteiger partial charge in [-0.15, -0.1) is 0 Å². The van der Waals surface area contributed by atoms with Gasteiger partial charge in [0.2, 0.25) is 5.75 Å². The molecule has 0 aliphatic carbocycles. The zero-order chi connectivity index (χ0) is 14.8. The summed E-state index contributed by atoms with van der Waals surface area (Å²) in [6, 6.07) is 3.66. The maximum absolute atomic E-state index is 13.5. The van der Waals surface area contributed by atoms with Crippen LogP contribution in [0, 0.1) is 0 Å². The number of alkyl halides is 1. The molecule has 0 aromatic heterocycles. The first-order valence-electron chi connectivity index (χ1n) is 7.16. The van der Waals surface area contributed by atoms with E-state index in [-0.39, 0.29) is 12.6 Å². The number of hydrogen-bond donors (Lipinski definition) is 1. The van der Waals surface area contributed by atoms with Crippen LogP contribution < -0.4 is 14.2 Å². The SMILES string of the molecule is COc1cc(CN2C[C@@H](F)C[C@H]2CO)cc2c1OCCO2. The van der Waals surface area contributed by atoms with Crippen molar-refractivity contribution in [3.05, 3.63) is 17.7 Å². The lowest BCUT2D eigenvalue weighted by Gasteiger charge is -2.25. The summed E-state index contributed by atoms with van der Waals surface area (Å²) in [6.07, 6.45) is -0.487. The molecule has 0 unspecified atom stereocenters. The van der Waals surface area contributed by atoms with Crippen LogP contribution in [0.2, 0.25) is 0 Å². The first-order valence-corrected chi connectivity index (χ1v) is 7.16. The molecule has 21 heavy (non-hydrogen) atoms. The molecule has 0 radical (unpaired) electrons. The van der Waals surface area contributed by atoms with Gasteiger partial charge in [-0.25, -0.2) is 4.39 Å². The average Bonchev–Trinajstić information content (AvgIpc) is 2.86. The van der Waals surface area contributed by atoms with Gasteiger partial charge in [-0.3, -0.25) is 4.90 Å². The fourth-order valence-electron chi connectivity index (χ4n) is 2.96. The molecule has 6 heteroatoms. The highest BCUT2D eigenvalue weighted by Crippen LogP contribution is 2.41. The van der Waals surface area contributed by atoms with E-state index in [1.807, 2.05) is 17.0 Å². The minimum absolute atomic E-state index is 0.0257. The summed E-state index contributed by atoms with van der Waals surface area (Å²) >= 11 is 0. The molecule has 2 atom stereocenters. The van der Waals surface area contributed by atoms with Gasteiger partial charge in [0.25, 0.3) is 0 Å². The van der Waals surface area contributed by atoms with Crippen molar-refractivity contribution in [2.24, 2.45) is 0 Å². The van der Waals surface area contributed by atoms with Crippen molar-refractivity contribution < 1.29 is 23.7 Å². The van der Waals surface area contributed by atoms with Crippen molar-refractivity contribution >= 4 is 0 Å². The molecule has 1 aromatic rings. The van der Waals surface area contributed by atoms with Gasteiger partial charge in [0.15, 0.2) is 11.5 Å². The summed E-state index contributed by atoms with van der Waals surface area (Å²) in [4.78, 5) is 1.95. The van der Waals surface area contributed by atoms with E-state index in [0.29, 0.717) is 50.0 Å². The molecule has 1 fully saturated rings. The van der Waals surface area contributed by atoms with Crippen LogP contribution in [0.3, 0.4) is 0 Å². The van der Waals surface area contributed by atoms with E-state index in [1.165, 1.54) is 0 Å². The molecular weight excluding hydrogens is 277 g/mol. The third kappa shape index (κ3) is 2.91. The molecule has 0 bridgehead atoms. The highest BCUT2D eigenvalue weighted by atomic mass is 19.1. The van der Waals surface area contributed by atoms with Gasteiger partial charge in [-0.05, 0) is 24.1 Å². The summed E-state index contributed by atoms with van der Waals surface area (Å²) in [5.41, 5.74) is 0.962. The molecule has 2 heterocycles. The number of halogens is 1. The second kappa shape index (κ2) is 6.07. The van der Waals surface area contributed by atoms with Crippen LogP contribution in [0.15, 0.2) is 12.1 Å². The number of likely N-dealkylation sites (tertiary alicyclic amines) is 1. The van der Waals surface area contributed by atoms with Crippen LogP contribution in [0.1, 0.15) is 12.0 Å². The summed E-state index contributed by atoms with van der Waals surface area (Å²) in [6.45, 7) is 1.89. The smallest absolute Gasteiger partial charge is 0.203 e. The lowest BCUT2D eigenvalue weighted by Crippen LogP contribution is -2.31. The number of benzene rings is 1. The number of rotatable bonds is 4. The molecule has 0 saturated carbocycles. The van der Waals surface area contributed by atoms with Crippen LogP contribution in [0.4, 0.5) is 4.39 Å². The van der Waals surface area contributed by atoms with E-state index >= 15 is 0 Å². The van der Waals surface area contributed by atoms with Crippen molar-refractivity contribution in [3.8, 4) is 17.2 Å². The van der Waals surface area contributed by atoms with E-state index in [0.717, 1.165) is 5.56 Å². The maximum atomic E-state index is 13.5. The Morgan fingerprint density at radius 2 is 2.19 bits per heavy atom. The molecule has 3 rings (SSSR count). The first kappa shape index (κ1) is 14.4. The van der Waals surface area contributed by atoms with Crippen LogP contribution in [-0.4, -0.2) is 55.7 Å². The second-order valence-electron chi connectivity index (χ2n) is 5.42. The number of aliphatic hydroxyl groups excluding tert-OH is 1. The van der Waals surface area contributed by atoms with Gasteiger partial charge in [0.1, 0.15) is 19.4 Å². The second-order valence-corrected chi connectivity index (χ2v) is 5.42. The highest BCUT2D eigenvalue weighted by molar-refractivity contribution is 5.54. The van der Waals surface area contributed by atoms with E-state index in [4.69, 9.17) is 14.2 Å². The standard InChI is InChI=1S/C15H20FNO4/c1-19-13-4-10(5-14-15(13)21-3-2-20-14)7-17-8-11(16)6-12(17)9-18/h4-5,11-12,18H,2-3,6-9H2,1H3/t11-,12-/m0/s1. The lowest BCUT2D eigenvalue weighted by atomic mass is 10.1. The van der Waals surface area contributed by atoms with E-state index < -0.39 is 6.17 Å². The molecule has 0 spiro atoms. The summed E-state index contributed by atoms with van der Waals surface area (Å²) in [5.74, 6) is 1.90. The van der Waals surface area contributed by atoms with Crippen molar-refractivity contribution in [1.82, 2.24) is 4.90 Å². The van der Waals surface area contributed by atoms with Crippen molar-refractivity contribution in [2.75, 3.05) is 33.5 Å². The van der Waals surface area contributed by atoms with Crippen molar-refractivity contribution in [3.63, 3.8) is 0 Å². The fraction of sp³-hybridized carbons (Fsp3) is 0.600. The fourth-order valence-corrected chi connectivity index (χ4v) is 2.96. The van der Waals surface area contributed by atoms with Crippen LogP contribution in [0.25, 0.3) is 0 Å². The molecule has 1 saturated heterocycles. The summed E-state index contributed by atoms with van der Waals surface area (Å²) < 4.78 is 30.0. The van der Waals surface area contributed by atoms with Gasteiger partial charge >= 0.3 is 0 Å². The lowest BCUT2D eigenvalue weighted by molar-refractivity contribution is 0.151. The Morgan fingerprint density at radius 3 is 2.95 bits per heavy atom. The highest BCUT2D eigenvalue weighted by Gasteiger charge is 2.32. The van der Waals surface area contributed by atoms with Crippen LogP contribution >= 0.6 is 0 Å². The first-order chi connectivity index (χ1) is 10.2. The quantitative estimate of drug-likeness (QED) is 0.910. The van der Waals surface area contributed by atoms with Crippen LogP contribution in [0.5, 0.6) is 17.2 Å². The van der Waals surface area contributed by atoms with Gasteiger partial charge in [0, 0.05) is 19.1 Å². The van der Waals surface area contributed by atoms with Gasteiger partial charge < -0.3 is 19.3 Å². The number of aliphatic hydroxyl groups is 1. The van der Waals surface area contributed by atoms with Gasteiger partial charge in [0.05, 0.1) is 13.7 Å². The minimum atomic E-state index is -0.874. The van der Waals surface area contributed by atoms with E-state index in [1.54, 1.807) is 7.11 Å². The van der Waals surface area contributed by atoms with Gasteiger partial charge in [-0.2, -0.15) is 0 Å². The minimum Gasteiger partial charge on any atom is -0.493 e. The topological polar surface area (TPSA) is 51.2 Å². The third-order valence-electron chi connectivity index (χ3n) is 3.96. The molecule has 1 aromatic carbocycles. The van der Waals surface area contributed by atoms with Crippen LogP contribution in [-0.2, 0) is 6.54 Å².